The van der Waals surface area contributed by atoms with Gasteiger partial charge in [0.15, 0.2) is 5.69 Å². The molecule has 0 radical (unpaired) electrons. The number of hydrogen-bond acceptors (Lipinski definition) is 4. The van der Waals surface area contributed by atoms with Crippen molar-refractivity contribution in [3.63, 3.8) is 0 Å². The van der Waals surface area contributed by atoms with E-state index in [4.69, 9.17) is 11.6 Å². The SMILES string of the molecule is O=c1c(N=Nc2ccc(F)cc2)c(CSc2ccc(Cl)cc2)[nH]n1-c1ccccc1. The quantitative estimate of drug-likeness (QED) is 0.270. The Morgan fingerprint density at radius 1 is 0.933 bits per heavy atom. The number of H-pyrrole nitrogens is 1. The van der Waals surface area contributed by atoms with Crippen LogP contribution in [0.4, 0.5) is 15.8 Å². The fraction of sp³-hybridized carbons (Fsp3) is 0.0455. The summed E-state index contributed by atoms with van der Waals surface area (Å²) in [7, 11) is 0. The van der Waals surface area contributed by atoms with Gasteiger partial charge in [0, 0.05) is 15.7 Å². The number of halogens is 2. The molecule has 0 aliphatic rings. The molecule has 0 amide bonds. The predicted octanol–water partition coefficient (Wildman–Crippen LogP) is 6.67. The average Bonchev–Trinajstić information content (AvgIpc) is 3.09. The zero-order chi connectivity index (χ0) is 20.9. The third kappa shape index (κ3) is 4.69. The molecule has 0 aliphatic carbocycles. The van der Waals surface area contributed by atoms with Crippen molar-refractivity contribution in [2.45, 2.75) is 10.6 Å². The lowest BCUT2D eigenvalue weighted by Gasteiger charge is -2.02. The van der Waals surface area contributed by atoms with Crippen LogP contribution in [0.2, 0.25) is 5.02 Å². The number of rotatable bonds is 6. The van der Waals surface area contributed by atoms with Gasteiger partial charge in [0.2, 0.25) is 0 Å². The van der Waals surface area contributed by atoms with Crippen LogP contribution in [-0.2, 0) is 5.75 Å². The van der Waals surface area contributed by atoms with Crippen LogP contribution in [0.15, 0.2) is 98.8 Å². The highest BCUT2D eigenvalue weighted by atomic mass is 35.5. The van der Waals surface area contributed by atoms with Crippen molar-refractivity contribution in [2.24, 2.45) is 10.2 Å². The minimum atomic E-state index is -0.359. The van der Waals surface area contributed by atoms with E-state index in [9.17, 15) is 9.18 Å². The van der Waals surface area contributed by atoms with Crippen molar-refractivity contribution in [1.82, 2.24) is 9.78 Å². The summed E-state index contributed by atoms with van der Waals surface area (Å²) in [6, 6.07) is 22.3. The second-order valence-electron chi connectivity index (χ2n) is 6.33. The van der Waals surface area contributed by atoms with E-state index in [1.54, 1.807) is 11.8 Å². The molecule has 0 saturated heterocycles. The number of benzene rings is 3. The molecule has 4 rings (SSSR count). The molecule has 0 atom stereocenters. The molecule has 1 aromatic heterocycles. The summed E-state index contributed by atoms with van der Waals surface area (Å²) >= 11 is 7.49. The predicted molar refractivity (Wildman–Crippen MR) is 118 cm³/mol. The Labute approximate surface area is 181 Å². The first-order chi connectivity index (χ1) is 14.6. The monoisotopic (exact) mass is 438 g/mol. The van der Waals surface area contributed by atoms with Gasteiger partial charge in [-0.15, -0.1) is 16.9 Å². The topological polar surface area (TPSA) is 62.5 Å². The molecule has 150 valence electrons. The van der Waals surface area contributed by atoms with E-state index in [1.807, 2.05) is 54.6 Å². The van der Waals surface area contributed by atoms with Gasteiger partial charge in [-0.2, -0.15) is 5.11 Å². The number of nitrogens with zero attached hydrogens (tertiary/aromatic N) is 3. The molecular formula is C22H16ClFN4OS. The second kappa shape index (κ2) is 9.11. The number of azo groups is 1. The molecule has 0 unspecified atom stereocenters. The lowest BCUT2D eigenvalue weighted by molar-refractivity contribution is 0.628. The Morgan fingerprint density at radius 2 is 1.63 bits per heavy atom. The molecule has 0 aliphatic heterocycles. The number of hydrogen-bond donors (Lipinski definition) is 1. The van der Waals surface area contributed by atoms with E-state index in [0.29, 0.717) is 27.8 Å². The number of thioether (sulfide) groups is 1. The summed E-state index contributed by atoms with van der Waals surface area (Å²) in [5.74, 6) is 0.121. The van der Waals surface area contributed by atoms with E-state index in [1.165, 1.54) is 28.9 Å². The van der Waals surface area contributed by atoms with Crippen LogP contribution in [0.3, 0.4) is 0 Å². The Balaban J connectivity index is 1.68. The summed E-state index contributed by atoms with van der Waals surface area (Å²) in [5, 5.41) is 12.1. The fourth-order valence-electron chi connectivity index (χ4n) is 2.74. The summed E-state index contributed by atoms with van der Waals surface area (Å²) < 4.78 is 14.6. The normalized spacial score (nSPS) is 11.3. The van der Waals surface area contributed by atoms with E-state index < -0.39 is 0 Å². The van der Waals surface area contributed by atoms with Crippen LogP contribution < -0.4 is 5.56 Å². The first-order valence-corrected chi connectivity index (χ1v) is 10.4. The Morgan fingerprint density at radius 3 is 2.33 bits per heavy atom. The van der Waals surface area contributed by atoms with Crippen LogP contribution in [0.25, 0.3) is 5.69 Å². The van der Waals surface area contributed by atoms with Crippen molar-refractivity contribution in [3.05, 3.63) is 106 Å². The van der Waals surface area contributed by atoms with Gasteiger partial charge >= 0.3 is 0 Å². The molecule has 4 aromatic rings. The standard InChI is InChI=1S/C22H16ClFN4OS/c23-15-6-12-19(13-7-15)30-14-20-21(26-25-17-10-8-16(24)9-11-17)22(29)28(27-20)18-4-2-1-3-5-18/h1-13,27H,14H2. The lowest BCUT2D eigenvalue weighted by atomic mass is 10.3. The largest absolute Gasteiger partial charge is 0.299 e. The zero-order valence-electron chi connectivity index (χ0n) is 15.6. The first-order valence-electron chi connectivity index (χ1n) is 9.05. The number of nitrogens with one attached hydrogen (secondary N) is 1. The van der Waals surface area contributed by atoms with Gasteiger partial charge in [-0.1, -0.05) is 29.8 Å². The smallest absolute Gasteiger partial charge is 0.292 e. The summed E-state index contributed by atoms with van der Waals surface area (Å²) in [6.07, 6.45) is 0. The molecule has 1 N–H and O–H groups in total. The average molecular weight is 439 g/mol. The van der Waals surface area contributed by atoms with Crippen LogP contribution in [0.5, 0.6) is 0 Å². The van der Waals surface area contributed by atoms with Gasteiger partial charge in [0.1, 0.15) is 5.82 Å². The molecule has 0 bridgehead atoms. The molecular weight excluding hydrogens is 423 g/mol. The van der Waals surface area contributed by atoms with Gasteiger partial charge in [-0.3, -0.25) is 9.89 Å². The van der Waals surface area contributed by atoms with Crippen molar-refractivity contribution >= 4 is 34.7 Å². The maximum Gasteiger partial charge on any atom is 0.299 e. The highest BCUT2D eigenvalue weighted by Gasteiger charge is 2.15. The molecule has 3 aromatic carbocycles. The van der Waals surface area contributed by atoms with Crippen LogP contribution >= 0.6 is 23.4 Å². The van der Waals surface area contributed by atoms with Gasteiger partial charge < -0.3 is 0 Å². The minimum absolute atomic E-state index is 0.213. The molecule has 0 fully saturated rings. The van der Waals surface area contributed by atoms with E-state index >= 15 is 0 Å². The third-order valence-electron chi connectivity index (χ3n) is 4.24. The van der Waals surface area contributed by atoms with Crippen molar-refractivity contribution < 1.29 is 4.39 Å². The fourth-order valence-corrected chi connectivity index (χ4v) is 3.70. The zero-order valence-corrected chi connectivity index (χ0v) is 17.2. The van der Waals surface area contributed by atoms with E-state index in [0.717, 1.165) is 4.90 Å². The highest BCUT2D eigenvalue weighted by molar-refractivity contribution is 7.98. The molecule has 1 heterocycles. The van der Waals surface area contributed by atoms with Crippen molar-refractivity contribution in [3.8, 4) is 5.69 Å². The van der Waals surface area contributed by atoms with E-state index in [-0.39, 0.29) is 17.1 Å². The summed E-state index contributed by atoms with van der Waals surface area (Å²) in [5.41, 5.74) is 1.70. The molecule has 5 nitrogen and oxygen atoms in total. The third-order valence-corrected chi connectivity index (χ3v) is 5.53. The van der Waals surface area contributed by atoms with Crippen molar-refractivity contribution in [1.29, 1.82) is 0 Å². The number of para-hydroxylation sites is 1. The summed E-state index contributed by atoms with van der Waals surface area (Å²) in [4.78, 5) is 14.0. The van der Waals surface area contributed by atoms with Gasteiger partial charge in [0.05, 0.1) is 17.1 Å². The van der Waals surface area contributed by atoms with Gasteiger partial charge in [-0.25, -0.2) is 9.07 Å². The Hall–Kier alpha value is -3.16. The minimum Gasteiger partial charge on any atom is -0.292 e. The van der Waals surface area contributed by atoms with Crippen molar-refractivity contribution in [2.75, 3.05) is 0 Å². The summed E-state index contributed by atoms with van der Waals surface area (Å²) in [6.45, 7) is 0. The second-order valence-corrected chi connectivity index (χ2v) is 7.82. The molecule has 0 saturated carbocycles. The van der Waals surface area contributed by atoms with E-state index in [2.05, 4.69) is 15.3 Å². The molecule has 30 heavy (non-hydrogen) atoms. The number of aromatic amines is 1. The number of aromatic nitrogens is 2. The van der Waals surface area contributed by atoms with Crippen LogP contribution in [0, 0.1) is 5.82 Å². The first kappa shape index (κ1) is 20.1. The van der Waals surface area contributed by atoms with Crippen LogP contribution in [0.1, 0.15) is 5.69 Å². The Kier molecular flexibility index (Phi) is 6.11. The Bertz CT molecular complexity index is 1220. The maximum atomic E-state index is 13.1. The lowest BCUT2D eigenvalue weighted by Crippen LogP contribution is -2.13. The molecule has 0 spiro atoms. The molecule has 8 heteroatoms. The maximum absolute atomic E-state index is 13.1. The van der Waals surface area contributed by atoms with Gasteiger partial charge in [0.25, 0.3) is 5.56 Å². The highest BCUT2D eigenvalue weighted by Crippen LogP contribution is 2.28. The van der Waals surface area contributed by atoms with Crippen LogP contribution in [-0.4, -0.2) is 9.78 Å². The van der Waals surface area contributed by atoms with Gasteiger partial charge in [-0.05, 0) is 60.7 Å².